The van der Waals surface area contributed by atoms with Crippen molar-refractivity contribution in [2.45, 2.75) is 0 Å². The minimum Gasteiger partial charge on any atom is -0.307 e. The molecular weight excluding hydrogens is 723 g/mol. The van der Waals surface area contributed by atoms with Crippen molar-refractivity contribution in [3.63, 3.8) is 0 Å². The lowest BCUT2D eigenvalue weighted by Crippen LogP contribution is -2.07. The Morgan fingerprint density at radius 2 is 0.797 bits per heavy atom. The Labute approximate surface area is 338 Å². The van der Waals surface area contributed by atoms with Gasteiger partial charge in [0, 0.05) is 49.6 Å². The molecule has 0 spiro atoms. The quantitative estimate of drug-likeness (QED) is 0.169. The van der Waals surface area contributed by atoms with Gasteiger partial charge in [-0.05, 0) is 42.5 Å². The highest BCUT2D eigenvalue weighted by atomic mass is 15.2. The van der Waals surface area contributed by atoms with Crippen molar-refractivity contribution in [3.05, 3.63) is 200 Å². The minimum absolute atomic E-state index is 0.531. The summed E-state index contributed by atoms with van der Waals surface area (Å²) in [6.45, 7) is 0. The Morgan fingerprint density at radius 3 is 1.41 bits per heavy atom. The predicted octanol–water partition coefficient (Wildman–Crippen LogP) is 12.4. The molecule has 7 nitrogen and oxygen atoms in total. The van der Waals surface area contributed by atoms with E-state index >= 15 is 0 Å². The highest BCUT2D eigenvalue weighted by Crippen LogP contribution is 2.43. The minimum atomic E-state index is 0.531. The van der Waals surface area contributed by atoms with Crippen LogP contribution in [0.3, 0.4) is 0 Å². The highest BCUT2D eigenvalue weighted by molar-refractivity contribution is 6.24. The van der Waals surface area contributed by atoms with Gasteiger partial charge in [0.05, 0.1) is 33.1 Å². The first-order valence-corrected chi connectivity index (χ1v) is 19.7. The van der Waals surface area contributed by atoms with E-state index in [1.165, 1.54) is 5.39 Å². The van der Waals surface area contributed by atoms with Crippen LogP contribution in [0.1, 0.15) is 0 Å². The summed E-state index contributed by atoms with van der Waals surface area (Å²) in [6, 6.07) is 69.5. The number of fused-ring (bicyclic) bond motifs is 8. The van der Waals surface area contributed by atoms with Gasteiger partial charge in [0.2, 0.25) is 5.95 Å². The Balaban J connectivity index is 1.29. The lowest BCUT2D eigenvalue weighted by molar-refractivity contribution is 0.953. The Bertz CT molecular complexity index is 3460. The van der Waals surface area contributed by atoms with Gasteiger partial charge >= 0.3 is 0 Å². The molecule has 12 aromatic rings. The molecule has 0 atom stereocenters. The molecule has 0 N–H and O–H groups in total. The molecule has 0 bridgehead atoms. The summed E-state index contributed by atoms with van der Waals surface area (Å²) in [4.78, 5) is 21.2. The summed E-state index contributed by atoms with van der Waals surface area (Å²) in [5.41, 5.74) is 11.0. The van der Waals surface area contributed by atoms with E-state index in [9.17, 15) is 0 Å². The van der Waals surface area contributed by atoms with Crippen molar-refractivity contribution in [2.24, 2.45) is 0 Å². The molecule has 4 heterocycles. The van der Waals surface area contributed by atoms with Gasteiger partial charge in [-0.1, -0.05) is 158 Å². The topological polar surface area (TPSA) is 66.3 Å². The van der Waals surface area contributed by atoms with Crippen LogP contribution >= 0.6 is 0 Å². The largest absolute Gasteiger partial charge is 0.307 e. The van der Waals surface area contributed by atoms with Gasteiger partial charge in [0.15, 0.2) is 11.6 Å². The molecule has 0 saturated carbocycles. The molecule has 0 unspecified atom stereocenters. The Morgan fingerprint density at radius 1 is 0.305 bits per heavy atom. The van der Waals surface area contributed by atoms with Crippen molar-refractivity contribution >= 4 is 54.6 Å². The maximum absolute atomic E-state index is 5.38. The van der Waals surface area contributed by atoms with E-state index in [4.69, 9.17) is 19.9 Å². The van der Waals surface area contributed by atoms with E-state index in [-0.39, 0.29) is 0 Å². The zero-order valence-electron chi connectivity index (χ0n) is 31.7. The van der Waals surface area contributed by atoms with Gasteiger partial charge in [0.1, 0.15) is 5.82 Å². The molecule has 4 aromatic heterocycles. The number of rotatable bonds is 6. The normalized spacial score (nSPS) is 11.7. The number of aromatic nitrogens is 7. The molecule has 59 heavy (non-hydrogen) atoms. The second kappa shape index (κ2) is 13.2. The van der Waals surface area contributed by atoms with Gasteiger partial charge in [-0.25, -0.2) is 9.97 Å². The zero-order chi connectivity index (χ0) is 38.9. The molecule has 8 aromatic carbocycles. The third-order valence-corrected chi connectivity index (χ3v) is 11.3. The molecule has 276 valence electrons. The van der Waals surface area contributed by atoms with Crippen molar-refractivity contribution in [2.75, 3.05) is 0 Å². The maximum Gasteiger partial charge on any atom is 0.238 e. The van der Waals surface area contributed by atoms with Crippen LogP contribution in [0, 0.1) is 0 Å². The van der Waals surface area contributed by atoms with E-state index in [0.717, 1.165) is 83.1 Å². The van der Waals surface area contributed by atoms with Gasteiger partial charge in [-0.15, -0.1) is 0 Å². The van der Waals surface area contributed by atoms with Gasteiger partial charge in [0.25, 0.3) is 0 Å². The highest BCUT2D eigenvalue weighted by Gasteiger charge is 2.25. The molecule has 12 rings (SSSR count). The lowest BCUT2D eigenvalue weighted by Gasteiger charge is -2.13. The van der Waals surface area contributed by atoms with Gasteiger partial charge < -0.3 is 4.57 Å². The molecule has 0 aliphatic rings. The van der Waals surface area contributed by atoms with Crippen molar-refractivity contribution in [3.8, 4) is 51.5 Å². The van der Waals surface area contributed by atoms with Crippen LogP contribution in [0.4, 0.5) is 0 Å². The molecule has 7 heteroatoms. The van der Waals surface area contributed by atoms with E-state index in [2.05, 4.69) is 165 Å². The summed E-state index contributed by atoms with van der Waals surface area (Å²) in [6.07, 6.45) is 0. The van der Waals surface area contributed by atoms with E-state index in [0.29, 0.717) is 17.6 Å². The van der Waals surface area contributed by atoms with E-state index in [1.807, 2.05) is 48.5 Å². The first kappa shape index (κ1) is 33.0. The number of para-hydroxylation sites is 3. The summed E-state index contributed by atoms with van der Waals surface area (Å²) in [5, 5.41) is 4.45. The summed E-state index contributed by atoms with van der Waals surface area (Å²) in [7, 11) is 0. The predicted molar refractivity (Wildman–Crippen MR) is 239 cm³/mol. The van der Waals surface area contributed by atoms with Crippen LogP contribution in [-0.4, -0.2) is 33.6 Å². The van der Waals surface area contributed by atoms with Gasteiger partial charge in [-0.2, -0.15) is 9.97 Å². The fraction of sp³-hybridized carbons (Fsp3) is 0. The summed E-state index contributed by atoms with van der Waals surface area (Å²) >= 11 is 0. The fourth-order valence-corrected chi connectivity index (χ4v) is 8.69. The van der Waals surface area contributed by atoms with E-state index < -0.39 is 0 Å². The zero-order valence-corrected chi connectivity index (χ0v) is 31.7. The van der Waals surface area contributed by atoms with Crippen LogP contribution in [-0.2, 0) is 0 Å². The number of hydrogen-bond donors (Lipinski definition) is 0. The smallest absolute Gasteiger partial charge is 0.238 e. The molecular formula is C52H33N7. The summed E-state index contributed by atoms with van der Waals surface area (Å²) in [5.74, 6) is 2.60. The Hall–Kier alpha value is -8.16. The van der Waals surface area contributed by atoms with Crippen LogP contribution < -0.4 is 0 Å². The van der Waals surface area contributed by atoms with Crippen molar-refractivity contribution in [1.29, 1.82) is 0 Å². The molecule has 0 aliphatic heterocycles. The maximum atomic E-state index is 5.38. The van der Waals surface area contributed by atoms with Crippen LogP contribution in [0.15, 0.2) is 200 Å². The lowest BCUT2D eigenvalue weighted by atomic mass is 10.1. The Kier molecular flexibility index (Phi) is 7.40. The molecule has 0 aliphatic carbocycles. The third kappa shape index (κ3) is 5.22. The molecule has 0 fully saturated rings. The van der Waals surface area contributed by atoms with Gasteiger partial charge in [-0.3, -0.25) is 9.13 Å². The first-order chi connectivity index (χ1) is 29.3. The molecule has 0 saturated heterocycles. The van der Waals surface area contributed by atoms with Crippen LogP contribution in [0.2, 0.25) is 0 Å². The number of benzene rings is 8. The fourth-order valence-electron chi connectivity index (χ4n) is 8.69. The summed E-state index contributed by atoms with van der Waals surface area (Å²) < 4.78 is 6.91. The average Bonchev–Trinajstić information content (AvgIpc) is 3.97. The third-order valence-electron chi connectivity index (χ3n) is 11.3. The van der Waals surface area contributed by atoms with Crippen molar-refractivity contribution in [1.82, 2.24) is 33.6 Å². The molecule has 0 amide bonds. The monoisotopic (exact) mass is 755 g/mol. The molecule has 0 radical (unpaired) electrons. The standard InChI is InChI=1S/C52H33N7/c1-6-18-34(19-7-1)49-54-50(35-20-8-2-9-21-35)56-52(55-49)59-45-33-46-43(53-51(36-22-10-3-11-23-36)58(46)38-26-14-5-15-27-38)32-42(45)41-31-30-40-39-28-16-17-29-44(39)57(47(40)48(41)59)37-24-12-4-13-25-37/h1-33H. The van der Waals surface area contributed by atoms with Crippen LogP contribution in [0.25, 0.3) is 106 Å². The number of nitrogens with zero attached hydrogens (tertiary/aromatic N) is 7. The second-order valence-corrected chi connectivity index (χ2v) is 14.7. The SMILES string of the molecule is c1ccc(-c2nc(-c3ccccc3)nc(-n3c4cc5c(cc4c4ccc6c7ccccc7n(-c7ccccc7)c6c43)nc(-c3ccccc3)n5-c3ccccc3)n2)cc1. The number of hydrogen-bond acceptors (Lipinski definition) is 4. The first-order valence-electron chi connectivity index (χ1n) is 19.7. The van der Waals surface area contributed by atoms with E-state index in [1.54, 1.807) is 0 Å². The van der Waals surface area contributed by atoms with Crippen LogP contribution in [0.5, 0.6) is 0 Å². The number of imidazole rings is 1. The average molecular weight is 756 g/mol. The van der Waals surface area contributed by atoms with Crippen molar-refractivity contribution < 1.29 is 0 Å². The second-order valence-electron chi connectivity index (χ2n) is 14.7.